The standard InChI is InChI=1S/C15H10ClF2N3O2/c16-10-1-2-11(17)9(14(10)18)7-21(23)15(22)12-5-8-3-4-19-13(8)6-20-12/h1-6,19,23H,7H2. The van der Waals surface area contributed by atoms with Crippen LogP contribution in [-0.2, 0) is 6.54 Å². The van der Waals surface area contributed by atoms with Crippen molar-refractivity contribution in [1.29, 1.82) is 0 Å². The summed E-state index contributed by atoms with van der Waals surface area (Å²) in [5, 5.41) is 10.5. The van der Waals surface area contributed by atoms with E-state index in [-0.39, 0.29) is 15.8 Å². The van der Waals surface area contributed by atoms with Gasteiger partial charge in [0.15, 0.2) is 0 Å². The van der Waals surface area contributed by atoms with Gasteiger partial charge in [0.25, 0.3) is 5.91 Å². The Balaban J connectivity index is 1.86. The van der Waals surface area contributed by atoms with E-state index in [1.165, 1.54) is 12.3 Å². The fourth-order valence-corrected chi connectivity index (χ4v) is 2.31. The number of carbonyl (C=O) groups is 1. The Morgan fingerprint density at radius 2 is 2.13 bits per heavy atom. The molecular formula is C15H10ClF2N3O2. The van der Waals surface area contributed by atoms with Gasteiger partial charge < -0.3 is 4.98 Å². The molecule has 1 aromatic carbocycles. The summed E-state index contributed by atoms with van der Waals surface area (Å²) in [5.74, 6) is -2.81. The fourth-order valence-electron chi connectivity index (χ4n) is 2.14. The number of fused-ring (bicyclic) bond motifs is 1. The van der Waals surface area contributed by atoms with Gasteiger partial charge >= 0.3 is 0 Å². The number of nitrogens with one attached hydrogen (secondary N) is 1. The highest BCUT2D eigenvalue weighted by Crippen LogP contribution is 2.22. The highest BCUT2D eigenvalue weighted by molar-refractivity contribution is 6.30. The Morgan fingerprint density at radius 1 is 1.35 bits per heavy atom. The maximum atomic E-state index is 13.8. The molecule has 3 rings (SSSR count). The van der Waals surface area contributed by atoms with Crippen molar-refractivity contribution in [1.82, 2.24) is 15.0 Å². The van der Waals surface area contributed by atoms with Gasteiger partial charge in [0, 0.05) is 17.1 Å². The van der Waals surface area contributed by atoms with Crippen LogP contribution in [0.4, 0.5) is 8.78 Å². The number of amides is 1. The predicted octanol–water partition coefficient (Wildman–Crippen LogP) is 3.53. The number of benzene rings is 1. The minimum absolute atomic E-state index is 0.0533. The molecule has 0 atom stereocenters. The molecule has 0 fully saturated rings. The highest BCUT2D eigenvalue weighted by atomic mass is 35.5. The van der Waals surface area contributed by atoms with E-state index in [0.717, 1.165) is 23.0 Å². The predicted molar refractivity (Wildman–Crippen MR) is 79.1 cm³/mol. The third kappa shape index (κ3) is 2.88. The van der Waals surface area contributed by atoms with Crippen molar-refractivity contribution in [3.05, 3.63) is 64.6 Å². The third-order valence-electron chi connectivity index (χ3n) is 3.34. The van der Waals surface area contributed by atoms with Crippen LogP contribution in [-0.4, -0.2) is 26.1 Å². The summed E-state index contributed by atoms with van der Waals surface area (Å²) in [6.45, 7) is -0.691. The topological polar surface area (TPSA) is 69.2 Å². The number of rotatable bonds is 3. The van der Waals surface area contributed by atoms with Crippen LogP contribution in [0.1, 0.15) is 16.1 Å². The van der Waals surface area contributed by atoms with Crippen molar-refractivity contribution in [3.8, 4) is 0 Å². The van der Waals surface area contributed by atoms with Gasteiger partial charge in [-0.15, -0.1) is 0 Å². The first kappa shape index (κ1) is 15.4. The number of halogens is 3. The SMILES string of the molecule is O=C(c1cc2cc[nH]c2cn1)N(O)Cc1c(F)ccc(Cl)c1F. The Hall–Kier alpha value is -2.51. The number of carbonyl (C=O) groups excluding carboxylic acids is 1. The van der Waals surface area contributed by atoms with Gasteiger partial charge in [-0.3, -0.25) is 10.0 Å². The van der Waals surface area contributed by atoms with Crippen molar-refractivity contribution < 1.29 is 18.8 Å². The highest BCUT2D eigenvalue weighted by Gasteiger charge is 2.21. The second-order valence-corrected chi connectivity index (χ2v) is 5.23. The summed E-state index contributed by atoms with van der Waals surface area (Å²) in [6, 6.07) is 5.21. The molecule has 118 valence electrons. The smallest absolute Gasteiger partial charge is 0.296 e. The zero-order valence-corrected chi connectivity index (χ0v) is 12.3. The third-order valence-corrected chi connectivity index (χ3v) is 3.63. The molecule has 8 heteroatoms. The first-order valence-corrected chi connectivity index (χ1v) is 6.91. The number of nitrogens with zero attached hydrogens (tertiary/aromatic N) is 2. The van der Waals surface area contributed by atoms with Crippen molar-refractivity contribution in [2.24, 2.45) is 0 Å². The van der Waals surface area contributed by atoms with E-state index in [0.29, 0.717) is 0 Å². The first-order chi connectivity index (χ1) is 11.0. The lowest BCUT2D eigenvalue weighted by Gasteiger charge is -2.16. The molecule has 0 bridgehead atoms. The Labute approximate surface area is 134 Å². The van der Waals surface area contributed by atoms with Gasteiger partial charge in [-0.2, -0.15) is 0 Å². The summed E-state index contributed by atoms with van der Waals surface area (Å²) < 4.78 is 27.5. The molecule has 0 unspecified atom stereocenters. The second-order valence-electron chi connectivity index (χ2n) is 4.82. The van der Waals surface area contributed by atoms with E-state index < -0.39 is 29.6 Å². The number of H-pyrrole nitrogens is 1. The van der Waals surface area contributed by atoms with Crippen molar-refractivity contribution in [2.75, 3.05) is 0 Å². The van der Waals surface area contributed by atoms with Crippen LogP contribution >= 0.6 is 11.6 Å². The lowest BCUT2D eigenvalue weighted by atomic mass is 10.2. The lowest BCUT2D eigenvalue weighted by molar-refractivity contribution is -0.0663. The summed E-state index contributed by atoms with van der Waals surface area (Å²) in [6.07, 6.45) is 3.10. The van der Waals surface area contributed by atoms with Gasteiger partial charge in [-0.1, -0.05) is 11.6 Å². The molecule has 0 aliphatic heterocycles. The second kappa shape index (κ2) is 5.94. The van der Waals surface area contributed by atoms with Crippen LogP contribution in [0.5, 0.6) is 0 Å². The fraction of sp³-hybridized carbons (Fsp3) is 0.0667. The number of aromatic amines is 1. The van der Waals surface area contributed by atoms with Gasteiger partial charge in [-0.25, -0.2) is 18.8 Å². The van der Waals surface area contributed by atoms with E-state index in [1.54, 1.807) is 12.3 Å². The minimum atomic E-state index is -1.02. The summed E-state index contributed by atoms with van der Waals surface area (Å²) in [4.78, 5) is 19.0. The number of hydrogen-bond donors (Lipinski definition) is 2. The van der Waals surface area contributed by atoms with Crippen molar-refractivity contribution in [2.45, 2.75) is 6.54 Å². The normalized spacial score (nSPS) is 11.0. The molecule has 2 N–H and O–H groups in total. The van der Waals surface area contributed by atoms with Crippen LogP contribution in [0.25, 0.3) is 10.9 Å². The number of aromatic nitrogens is 2. The zero-order valence-electron chi connectivity index (χ0n) is 11.6. The van der Waals surface area contributed by atoms with Crippen LogP contribution in [0.15, 0.2) is 36.7 Å². The zero-order chi connectivity index (χ0) is 16.6. The molecule has 0 radical (unpaired) electrons. The Kier molecular flexibility index (Phi) is 3.97. The molecule has 1 amide bonds. The molecule has 0 aliphatic carbocycles. The van der Waals surface area contributed by atoms with E-state index in [9.17, 15) is 18.8 Å². The Morgan fingerprint density at radius 3 is 2.91 bits per heavy atom. The van der Waals surface area contributed by atoms with Gasteiger partial charge in [-0.05, 0) is 24.3 Å². The van der Waals surface area contributed by atoms with E-state index in [1.807, 2.05) is 0 Å². The van der Waals surface area contributed by atoms with Gasteiger partial charge in [0.05, 0.1) is 23.3 Å². The molecule has 0 saturated carbocycles. The van der Waals surface area contributed by atoms with Crippen LogP contribution in [0.3, 0.4) is 0 Å². The van der Waals surface area contributed by atoms with E-state index in [4.69, 9.17) is 11.6 Å². The average molecular weight is 338 g/mol. The van der Waals surface area contributed by atoms with Gasteiger partial charge in [0.2, 0.25) is 0 Å². The molecule has 2 aromatic heterocycles. The summed E-state index contributed by atoms with van der Waals surface area (Å²) in [5.41, 5.74) is 0.163. The minimum Gasteiger partial charge on any atom is -0.360 e. The Bertz CT molecular complexity index is 898. The summed E-state index contributed by atoms with van der Waals surface area (Å²) >= 11 is 5.58. The number of hydroxylamine groups is 2. The largest absolute Gasteiger partial charge is 0.360 e. The van der Waals surface area contributed by atoms with Crippen LogP contribution in [0, 0.1) is 11.6 Å². The molecule has 0 spiro atoms. The summed E-state index contributed by atoms with van der Waals surface area (Å²) in [7, 11) is 0. The molecule has 0 aliphatic rings. The number of hydrogen-bond acceptors (Lipinski definition) is 3. The maximum Gasteiger partial charge on any atom is 0.296 e. The van der Waals surface area contributed by atoms with Crippen molar-refractivity contribution in [3.63, 3.8) is 0 Å². The lowest BCUT2D eigenvalue weighted by Crippen LogP contribution is -2.28. The number of pyridine rings is 1. The molecule has 2 heterocycles. The monoisotopic (exact) mass is 337 g/mol. The van der Waals surface area contributed by atoms with Crippen LogP contribution < -0.4 is 0 Å². The molecular weight excluding hydrogens is 328 g/mol. The molecule has 5 nitrogen and oxygen atoms in total. The quantitative estimate of drug-likeness (QED) is 0.436. The first-order valence-electron chi connectivity index (χ1n) is 6.53. The van der Waals surface area contributed by atoms with E-state index >= 15 is 0 Å². The maximum absolute atomic E-state index is 13.8. The molecule has 23 heavy (non-hydrogen) atoms. The van der Waals surface area contributed by atoms with Gasteiger partial charge in [0.1, 0.15) is 17.3 Å². The van der Waals surface area contributed by atoms with Crippen LogP contribution in [0.2, 0.25) is 5.02 Å². The van der Waals surface area contributed by atoms with Crippen molar-refractivity contribution >= 4 is 28.4 Å². The molecule has 3 aromatic rings. The average Bonchev–Trinajstić information content (AvgIpc) is 3.01. The molecule has 0 saturated heterocycles. The van der Waals surface area contributed by atoms with E-state index in [2.05, 4.69) is 9.97 Å².